The van der Waals surface area contributed by atoms with Crippen LogP contribution in [0.4, 0.5) is 20.2 Å². The van der Waals surface area contributed by atoms with Crippen LogP contribution in [0.2, 0.25) is 0 Å². The van der Waals surface area contributed by atoms with Crippen LogP contribution in [0.5, 0.6) is 0 Å². The lowest BCUT2D eigenvalue weighted by Crippen LogP contribution is -2.07. The van der Waals surface area contributed by atoms with Gasteiger partial charge in [0.05, 0.1) is 22.6 Å². The Labute approximate surface area is 130 Å². The number of fused-ring (bicyclic) bond motifs is 1. The number of hydrogen-bond acceptors (Lipinski definition) is 3. The van der Waals surface area contributed by atoms with Crippen LogP contribution >= 0.6 is 0 Å². The Morgan fingerprint density at radius 3 is 2.65 bits per heavy atom. The zero-order valence-corrected chi connectivity index (χ0v) is 12.4. The molecule has 0 saturated carbocycles. The number of aromatic carboxylic acids is 1. The summed E-state index contributed by atoms with van der Waals surface area (Å²) in [5, 5.41) is 16.4. The van der Waals surface area contributed by atoms with Crippen LogP contribution < -0.4 is 5.32 Å². The smallest absolute Gasteiger partial charge is 0.337 e. The summed E-state index contributed by atoms with van der Waals surface area (Å²) in [4.78, 5) is 11.5. The van der Waals surface area contributed by atoms with E-state index in [1.54, 1.807) is 20.0 Å². The van der Waals surface area contributed by atoms with Crippen LogP contribution in [-0.4, -0.2) is 20.9 Å². The lowest BCUT2D eigenvalue weighted by molar-refractivity contribution is 0.0697. The van der Waals surface area contributed by atoms with E-state index in [2.05, 4.69) is 10.4 Å². The molecule has 118 valence electrons. The van der Waals surface area contributed by atoms with Gasteiger partial charge in [-0.1, -0.05) is 12.1 Å². The summed E-state index contributed by atoms with van der Waals surface area (Å²) in [5.74, 6) is -2.70. The predicted molar refractivity (Wildman–Crippen MR) is 82.1 cm³/mol. The molecule has 0 atom stereocenters. The fourth-order valence-electron chi connectivity index (χ4n) is 2.55. The molecule has 0 amide bonds. The number of carboxylic acids is 1. The highest BCUT2D eigenvalue weighted by molar-refractivity contribution is 6.02. The minimum atomic E-state index is -1.31. The Bertz CT molecular complexity index is 935. The number of nitrogens with zero attached hydrogens (tertiary/aromatic N) is 2. The molecule has 0 aliphatic rings. The molecule has 2 N–H and O–H groups in total. The minimum absolute atomic E-state index is 0.00728. The Balaban J connectivity index is 2.28. The van der Waals surface area contributed by atoms with Crippen molar-refractivity contribution in [2.45, 2.75) is 6.92 Å². The third-order valence-electron chi connectivity index (χ3n) is 3.62. The normalized spacial score (nSPS) is 11.0. The molecule has 1 heterocycles. The minimum Gasteiger partial charge on any atom is -0.478 e. The fraction of sp³-hybridized carbons (Fsp3) is 0.125. The number of halogens is 2. The number of benzene rings is 2. The van der Waals surface area contributed by atoms with Gasteiger partial charge < -0.3 is 10.4 Å². The Hall–Kier alpha value is -2.96. The van der Waals surface area contributed by atoms with E-state index in [1.165, 1.54) is 28.9 Å². The van der Waals surface area contributed by atoms with Gasteiger partial charge in [-0.15, -0.1) is 0 Å². The molecular weight excluding hydrogens is 304 g/mol. The zero-order valence-electron chi connectivity index (χ0n) is 12.4. The van der Waals surface area contributed by atoms with E-state index in [4.69, 9.17) is 0 Å². The van der Waals surface area contributed by atoms with E-state index in [1.807, 2.05) is 0 Å². The highest BCUT2D eigenvalue weighted by Gasteiger charge is 2.22. The maximum Gasteiger partial charge on any atom is 0.337 e. The van der Waals surface area contributed by atoms with Gasteiger partial charge in [-0.3, -0.25) is 4.68 Å². The largest absolute Gasteiger partial charge is 0.478 e. The summed E-state index contributed by atoms with van der Waals surface area (Å²) >= 11 is 0. The highest BCUT2D eigenvalue weighted by atomic mass is 19.1. The summed E-state index contributed by atoms with van der Waals surface area (Å²) in [6.45, 7) is 1.66. The van der Waals surface area contributed by atoms with E-state index >= 15 is 0 Å². The molecule has 0 spiro atoms. The number of nitrogens with one attached hydrogen (secondary N) is 1. The first-order valence-electron chi connectivity index (χ1n) is 6.80. The van der Waals surface area contributed by atoms with Crippen LogP contribution in [0, 0.1) is 18.6 Å². The van der Waals surface area contributed by atoms with Gasteiger partial charge in [-0.05, 0) is 25.1 Å². The third-order valence-corrected chi connectivity index (χ3v) is 3.62. The second-order valence-corrected chi connectivity index (χ2v) is 5.13. The van der Waals surface area contributed by atoms with Crippen molar-refractivity contribution in [3.05, 3.63) is 53.2 Å². The Morgan fingerprint density at radius 1 is 1.30 bits per heavy atom. The van der Waals surface area contributed by atoms with Crippen molar-refractivity contribution in [2.75, 3.05) is 5.32 Å². The molecule has 3 aromatic rings. The number of para-hydroxylation sites is 1. The van der Waals surface area contributed by atoms with Crippen molar-refractivity contribution in [2.24, 2.45) is 7.05 Å². The first-order valence-corrected chi connectivity index (χ1v) is 6.80. The quantitative estimate of drug-likeness (QED) is 0.774. The second kappa shape index (κ2) is 5.35. The van der Waals surface area contributed by atoms with Crippen molar-refractivity contribution in [1.82, 2.24) is 9.78 Å². The van der Waals surface area contributed by atoms with Crippen LogP contribution in [0.25, 0.3) is 10.9 Å². The number of anilines is 2. The molecule has 0 aliphatic heterocycles. The van der Waals surface area contributed by atoms with Crippen LogP contribution in [0.3, 0.4) is 0 Å². The topological polar surface area (TPSA) is 67.2 Å². The number of carboxylic acid groups (broad SMARTS) is 1. The maximum absolute atomic E-state index is 14.9. The molecule has 2 aromatic carbocycles. The summed E-state index contributed by atoms with van der Waals surface area (Å²) in [6, 6.07) is 7.00. The van der Waals surface area contributed by atoms with Crippen molar-refractivity contribution >= 4 is 28.2 Å². The Morgan fingerprint density at radius 2 is 2.00 bits per heavy atom. The monoisotopic (exact) mass is 317 g/mol. The van der Waals surface area contributed by atoms with Crippen molar-refractivity contribution in [3.63, 3.8) is 0 Å². The van der Waals surface area contributed by atoms with Gasteiger partial charge >= 0.3 is 5.97 Å². The predicted octanol–water partition coefficient (Wildman–Crippen LogP) is 3.60. The lowest BCUT2D eigenvalue weighted by atomic mass is 10.1. The molecule has 0 saturated heterocycles. The van der Waals surface area contributed by atoms with Gasteiger partial charge in [0, 0.05) is 12.4 Å². The molecule has 3 rings (SSSR count). The Kier molecular flexibility index (Phi) is 3.48. The number of aryl methyl sites for hydroxylation is 2. The van der Waals surface area contributed by atoms with Crippen molar-refractivity contribution in [3.8, 4) is 0 Å². The molecule has 0 fully saturated rings. The summed E-state index contributed by atoms with van der Waals surface area (Å²) in [6.07, 6.45) is 0. The number of aromatic nitrogens is 2. The van der Waals surface area contributed by atoms with Gasteiger partial charge in [-0.25, -0.2) is 13.6 Å². The van der Waals surface area contributed by atoms with Gasteiger partial charge in [0.15, 0.2) is 5.82 Å². The third kappa shape index (κ3) is 2.40. The van der Waals surface area contributed by atoms with E-state index in [9.17, 15) is 18.7 Å². The SMILES string of the molecule is Cc1nn(C)c2c(F)c(Nc3ccccc3F)c(C(=O)O)cc12. The second-order valence-electron chi connectivity index (χ2n) is 5.13. The molecular formula is C16H13F2N3O2. The molecule has 7 heteroatoms. The lowest BCUT2D eigenvalue weighted by Gasteiger charge is -2.13. The first kappa shape index (κ1) is 15.0. The van der Waals surface area contributed by atoms with Crippen molar-refractivity contribution < 1.29 is 18.7 Å². The van der Waals surface area contributed by atoms with E-state index in [0.717, 1.165) is 0 Å². The molecule has 0 aliphatic carbocycles. The molecule has 23 heavy (non-hydrogen) atoms. The van der Waals surface area contributed by atoms with Crippen LogP contribution in [-0.2, 0) is 7.05 Å². The van der Waals surface area contributed by atoms with Gasteiger partial charge in [0.25, 0.3) is 0 Å². The van der Waals surface area contributed by atoms with Crippen LogP contribution in [0.1, 0.15) is 16.1 Å². The average molecular weight is 317 g/mol. The van der Waals surface area contributed by atoms with Crippen molar-refractivity contribution in [1.29, 1.82) is 0 Å². The molecule has 0 radical (unpaired) electrons. The van der Waals surface area contributed by atoms with Crippen LogP contribution in [0.15, 0.2) is 30.3 Å². The first-order chi connectivity index (χ1) is 10.9. The number of hydrogen-bond donors (Lipinski definition) is 2. The van der Waals surface area contributed by atoms with E-state index in [-0.39, 0.29) is 22.5 Å². The van der Waals surface area contributed by atoms with Gasteiger partial charge in [0.2, 0.25) is 0 Å². The van der Waals surface area contributed by atoms with Gasteiger partial charge in [-0.2, -0.15) is 5.10 Å². The molecule has 1 aromatic heterocycles. The standard InChI is InChI=1S/C16H13F2N3O2/c1-8-9-7-10(16(22)23)14(13(18)15(9)21(2)20-8)19-12-6-4-3-5-11(12)17/h3-7,19H,1-2H3,(H,22,23). The van der Waals surface area contributed by atoms with E-state index in [0.29, 0.717) is 11.1 Å². The summed E-state index contributed by atoms with van der Waals surface area (Å²) < 4.78 is 30.0. The van der Waals surface area contributed by atoms with E-state index < -0.39 is 17.6 Å². The maximum atomic E-state index is 14.9. The molecule has 5 nitrogen and oxygen atoms in total. The molecule has 0 unspecified atom stereocenters. The van der Waals surface area contributed by atoms with Gasteiger partial charge in [0.1, 0.15) is 11.3 Å². The highest BCUT2D eigenvalue weighted by Crippen LogP contribution is 2.33. The number of rotatable bonds is 3. The fourth-order valence-corrected chi connectivity index (χ4v) is 2.55. The number of carbonyl (C=O) groups is 1. The average Bonchev–Trinajstić information content (AvgIpc) is 2.78. The zero-order chi connectivity index (χ0) is 16.7. The molecule has 0 bridgehead atoms. The summed E-state index contributed by atoms with van der Waals surface area (Å²) in [5.41, 5.74) is 0.0901. The summed E-state index contributed by atoms with van der Waals surface area (Å²) in [7, 11) is 1.56.